The van der Waals surface area contributed by atoms with E-state index in [1.165, 1.54) is 33.3 Å². The summed E-state index contributed by atoms with van der Waals surface area (Å²) in [7, 11) is 4.22. The average Bonchev–Trinajstić information content (AvgIpc) is 3.05. The Kier molecular flexibility index (Phi) is 5.12. The Balaban J connectivity index is 1.58. The molecule has 5 aliphatic rings. The summed E-state index contributed by atoms with van der Waals surface area (Å²) in [5.41, 5.74) is 4.87. The third-order valence-corrected chi connectivity index (χ3v) is 11.8. The van der Waals surface area contributed by atoms with Crippen molar-refractivity contribution < 1.29 is 9.90 Å². The molecule has 1 spiro atoms. The van der Waals surface area contributed by atoms with Crippen molar-refractivity contribution in [3.63, 3.8) is 0 Å². The van der Waals surface area contributed by atoms with Crippen LogP contribution < -0.4 is 4.90 Å². The van der Waals surface area contributed by atoms with Gasteiger partial charge in [0.2, 0.25) is 0 Å². The van der Waals surface area contributed by atoms with Gasteiger partial charge in [-0.15, -0.1) is 0 Å². The minimum Gasteiger partial charge on any atom is -0.385 e. The van der Waals surface area contributed by atoms with E-state index in [1.807, 2.05) is 13.0 Å². The highest BCUT2D eigenvalue weighted by molar-refractivity contribution is 9.10. The lowest BCUT2D eigenvalue weighted by atomic mass is 9.39. The fraction of sp³-hybridized carbons (Fsp3) is 0.633. The van der Waals surface area contributed by atoms with E-state index in [0.717, 1.165) is 38.5 Å². The lowest BCUT2D eigenvalue weighted by Crippen LogP contribution is -2.59. The Morgan fingerprint density at radius 2 is 1.97 bits per heavy atom. The molecule has 182 valence electrons. The van der Waals surface area contributed by atoms with Gasteiger partial charge in [0.05, 0.1) is 11.3 Å². The molecule has 0 amide bonds. The van der Waals surface area contributed by atoms with Crippen LogP contribution >= 0.6 is 15.9 Å². The van der Waals surface area contributed by atoms with Crippen LogP contribution in [0, 0.1) is 28.6 Å². The Labute approximate surface area is 212 Å². The van der Waals surface area contributed by atoms with Gasteiger partial charge in [-0.05, 0) is 120 Å². The molecule has 1 N–H and O–H groups in total. The van der Waals surface area contributed by atoms with Gasteiger partial charge in [-0.1, -0.05) is 30.7 Å². The molecular weight excluding hydrogens is 486 g/mol. The fourth-order valence-electron chi connectivity index (χ4n) is 9.55. The molecule has 0 aliphatic heterocycles. The van der Waals surface area contributed by atoms with Crippen LogP contribution in [0.4, 0.5) is 5.69 Å². The number of allylic oxidation sites excluding steroid dienone is 2. The predicted molar refractivity (Wildman–Crippen MR) is 141 cm³/mol. The molecule has 1 aromatic carbocycles. The maximum atomic E-state index is 12.5. The number of carbonyl (C=O) groups excluding carboxylic acids is 1. The molecule has 0 aromatic heterocycles. The zero-order valence-corrected chi connectivity index (χ0v) is 22.6. The van der Waals surface area contributed by atoms with E-state index in [0.29, 0.717) is 35.9 Å². The molecule has 0 saturated heterocycles. The van der Waals surface area contributed by atoms with Crippen molar-refractivity contribution in [2.24, 2.45) is 28.6 Å². The van der Waals surface area contributed by atoms with Crippen LogP contribution in [-0.2, 0) is 11.2 Å². The first-order valence-corrected chi connectivity index (χ1v) is 14.0. The highest BCUT2D eigenvalue weighted by Gasteiger charge is 2.67. The molecule has 0 radical (unpaired) electrons. The zero-order valence-electron chi connectivity index (χ0n) is 21.0. The van der Waals surface area contributed by atoms with Gasteiger partial charge in [-0.25, -0.2) is 0 Å². The quantitative estimate of drug-likeness (QED) is 0.444. The number of aliphatic hydroxyl groups is 1. The molecular formula is C30H38BrNO2. The van der Waals surface area contributed by atoms with Crippen molar-refractivity contribution >= 4 is 27.4 Å². The number of hydrogen-bond donors (Lipinski definition) is 1. The minimum atomic E-state index is -0.721. The van der Waals surface area contributed by atoms with Crippen LogP contribution in [-0.4, -0.2) is 30.6 Å². The van der Waals surface area contributed by atoms with E-state index in [-0.39, 0.29) is 10.8 Å². The summed E-state index contributed by atoms with van der Waals surface area (Å²) < 4.78 is 1.23. The van der Waals surface area contributed by atoms with Gasteiger partial charge in [0.15, 0.2) is 5.78 Å². The number of rotatable bonds is 2. The minimum absolute atomic E-state index is 0.102. The summed E-state index contributed by atoms with van der Waals surface area (Å²) in [6.07, 6.45) is 14.2. The molecule has 0 unspecified atom stereocenters. The summed E-state index contributed by atoms with van der Waals surface area (Å²) in [6.45, 7) is 4.43. The van der Waals surface area contributed by atoms with Gasteiger partial charge in [0.25, 0.3) is 0 Å². The summed E-state index contributed by atoms with van der Waals surface area (Å²) in [5, 5.41) is 12.0. The first-order valence-electron chi connectivity index (χ1n) is 13.2. The number of anilines is 1. The molecule has 3 fully saturated rings. The number of halogens is 1. The van der Waals surface area contributed by atoms with E-state index in [2.05, 4.69) is 66.1 Å². The summed E-state index contributed by atoms with van der Waals surface area (Å²) >= 11 is 4.03. The van der Waals surface area contributed by atoms with Crippen molar-refractivity contribution in [1.29, 1.82) is 0 Å². The molecule has 3 saturated carbocycles. The van der Waals surface area contributed by atoms with E-state index in [1.54, 1.807) is 0 Å². The Morgan fingerprint density at radius 1 is 1.18 bits per heavy atom. The van der Waals surface area contributed by atoms with Crippen molar-refractivity contribution in [2.75, 3.05) is 19.0 Å². The van der Waals surface area contributed by atoms with Crippen LogP contribution in [0.1, 0.15) is 75.8 Å². The standard InChI is InChI=1S/C30H38BrNO2/c1-5-12-30(34)14-11-24-21-7-6-18-15-19(33)10-13-29(18)17-23-20(8-9-25(27(23)31)32(3)4)22(26(21)29)16-28(24,30)2/h5,8-9,12,15,21-22,24,26,34H,6-7,10-11,13-14,16-17H2,1-4H3/b12-5-/t21-,22+,24-,26+,28-,29+,30-/m0/s1. The van der Waals surface area contributed by atoms with Gasteiger partial charge in [0.1, 0.15) is 0 Å². The van der Waals surface area contributed by atoms with Gasteiger partial charge < -0.3 is 10.0 Å². The second-order valence-electron chi connectivity index (χ2n) is 12.4. The molecule has 0 heterocycles. The third-order valence-electron chi connectivity index (χ3n) is 11.0. The normalized spacial score (nSPS) is 42.5. The SMILES string of the molecule is C/C=C\[C@]1(O)CC[C@H]2[C@@H]3CCC4=CC(=O)CC[C@@]45Cc4c(ccc(N(C)C)c4Br)[C@@H](C[C@@]21C)[C@@H]35. The smallest absolute Gasteiger partial charge is 0.155 e. The monoisotopic (exact) mass is 523 g/mol. The molecule has 5 aliphatic carbocycles. The van der Waals surface area contributed by atoms with Crippen molar-refractivity contribution in [3.05, 3.63) is 51.5 Å². The van der Waals surface area contributed by atoms with E-state index in [9.17, 15) is 9.90 Å². The van der Waals surface area contributed by atoms with E-state index >= 15 is 0 Å². The van der Waals surface area contributed by atoms with Crippen LogP contribution in [0.25, 0.3) is 0 Å². The number of hydrogen-bond acceptors (Lipinski definition) is 3. The second kappa shape index (κ2) is 7.56. The van der Waals surface area contributed by atoms with Crippen LogP contribution in [0.5, 0.6) is 0 Å². The number of benzene rings is 1. The fourth-order valence-corrected chi connectivity index (χ4v) is 10.4. The molecule has 3 nitrogen and oxygen atoms in total. The molecule has 34 heavy (non-hydrogen) atoms. The molecule has 7 atom stereocenters. The number of nitrogens with zero attached hydrogens (tertiary/aromatic N) is 1. The zero-order chi connectivity index (χ0) is 24.0. The topological polar surface area (TPSA) is 40.5 Å². The lowest BCUT2D eigenvalue weighted by molar-refractivity contribution is -0.128. The highest BCUT2D eigenvalue weighted by Crippen LogP contribution is 2.73. The summed E-state index contributed by atoms with van der Waals surface area (Å²) in [5.74, 6) is 2.50. The van der Waals surface area contributed by atoms with Gasteiger partial charge in [-0.2, -0.15) is 0 Å². The number of fused-ring (bicyclic) bond motifs is 4. The van der Waals surface area contributed by atoms with E-state index < -0.39 is 5.60 Å². The first kappa shape index (κ1) is 23.0. The van der Waals surface area contributed by atoms with Crippen LogP contribution in [0.2, 0.25) is 0 Å². The van der Waals surface area contributed by atoms with Crippen LogP contribution in [0.15, 0.2) is 40.4 Å². The van der Waals surface area contributed by atoms with Crippen molar-refractivity contribution in [2.45, 2.75) is 76.7 Å². The summed E-state index contributed by atoms with van der Waals surface area (Å²) in [6, 6.07) is 4.67. The number of carbonyl (C=O) groups is 1. The van der Waals surface area contributed by atoms with Crippen LogP contribution in [0.3, 0.4) is 0 Å². The van der Waals surface area contributed by atoms with Crippen molar-refractivity contribution in [3.8, 4) is 0 Å². The Hall–Kier alpha value is -1.39. The van der Waals surface area contributed by atoms with Gasteiger partial charge >= 0.3 is 0 Å². The molecule has 0 bridgehead atoms. The van der Waals surface area contributed by atoms with E-state index in [4.69, 9.17) is 0 Å². The Bertz CT molecular complexity index is 1120. The average molecular weight is 525 g/mol. The third kappa shape index (κ3) is 2.82. The summed E-state index contributed by atoms with van der Waals surface area (Å²) in [4.78, 5) is 14.7. The number of ketones is 1. The molecule has 1 aromatic rings. The Morgan fingerprint density at radius 3 is 2.71 bits per heavy atom. The maximum absolute atomic E-state index is 12.5. The largest absolute Gasteiger partial charge is 0.385 e. The second-order valence-corrected chi connectivity index (χ2v) is 13.1. The van der Waals surface area contributed by atoms with Gasteiger partial charge in [-0.3, -0.25) is 4.79 Å². The highest BCUT2D eigenvalue weighted by atomic mass is 79.9. The predicted octanol–water partition coefficient (Wildman–Crippen LogP) is 6.58. The van der Waals surface area contributed by atoms with Gasteiger partial charge in [0, 0.05) is 30.4 Å². The maximum Gasteiger partial charge on any atom is 0.155 e. The lowest BCUT2D eigenvalue weighted by Gasteiger charge is -2.65. The first-order chi connectivity index (χ1) is 16.1. The van der Waals surface area contributed by atoms with Crippen molar-refractivity contribution in [1.82, 2.24) is 0 Å². The molecule has 6 rings (SSSR count). The molecule has 4 heteroatoms.